The van der Waals surface area contributed by atoms with E-state index in [1.165, 1.54) is 12.1 Å². The minimum Gasteiger partial charge on any atom is -0.261 e. The zero-order chi connectivity index (χ0) is 14.2. The summed E-state index contributed by atoms with van der Waals surface area (Å²) in [5, 5.41) is 7.52. The predicted octanol–water partition coefficient (Wildman–Crippen LogP) is 2.41. The Morgan fingerprint density at radius 3 is 2.85 bits per heavy atom. The Kier molecular flexibility index (Phi) is 3.07. The second-order valence-corrected chi connectivity index (χ2v) is 6.15. The van der Waals surface area contributed by atoms with E-state index in [0.717, 1.165) is 0 Å². The smallest absolute Gasteiger partial charge is 0.261 e. The van der Waals surface area contributed by atoms with Crippen LogP contribution in [0.15, 0.2) is 47.5 Å². The van der Waals surface area contributed by atoms with E-state index in [-0.39, 0.29) is 10.7 Å². The van der Waals surface area contributed by atoms with E-state index in [2.05, 4.69) is 19.9 Å². The number of aromatic nitrogens is 3. The number of sulfonamides is 1. The molecule has 8 heteroatoms. The number of halogens is 1. The first-order valence-corrected chi connectivity index (χ1v) is 7.50. The Labute approximate surface area is 119 Å². The summed E-state index contributed by atoms with van der Waals surface area (Å²) >= 11 is 5.80. The molecule has 2 N–H and O–H groups in total. The van der Waals surface area contributed by atoms with E-state index in [4.69, 9.17) is 11.6 Å². The van der Waals surface area contributed by atoms with Crippen LogP contribution < -0.4 is 4.72 Å². The first-order chi connectivity index (χ1) is 9.56. The SMILES string of the molecule is O=S(=O)(Nc1n[nH]c2ncccc12)c1cccc(Cl)c1. The summed E-state index contributed by atoms with van der Waals surface area (Å²) in [6.45, 7) is 0. The quantitative estimate of drug-likeness (QED) is 0.777. The van der Waals surface area contributed by atoms with Crippen molar-refractivity contribution in [3.05, 3.63) is 47.6 Å². The zero-order valence-electron chi connectivity index (χ0n) is 10.0. The van der Waals surface area contributed by atoms with E-state index < -0.39 is 10.0 Å². The summed E-state index contributed by atoms with van der Waals surface area (Å²) in [6, 6.07) is 9.44. The lowest BCUT2D eigenvalue weighted by molar-refractivity contribution is 0.601. The number of benzene rings is 1. The molecule has 0 atom stereocenters. The van der Waals surface area contributed by atoms with Crippen molar-refractivity contribution in [2.45, 2.75) is 4.90 Å². The molecule has 3 rings (SSSR count). The van der Waals surface area contributed by atoms with Crippen molar-refractivity contribution in [2.75, 3.05) is 4.72 Å². The fourth-order valence-corrected chi connectivity index (χ4v) is 3.08. The average Bonchev–Trinajstić information content (AvgIpc) is 2.82. The van der Waals surface area contributed by atoms with Gasteiger partial charge in [0.2, 0.25) is 0 Å². The highest BCUT2D eigenvalue weighted by Crippen LogP contribution is 2.22. The van der Waals surface area contributed by atoms with Crippen molar-refractivity contribution < 1.29 is 8.42 Å². The molecule has 0 saturated heterocycles. The van der Waals surface area contributed by atoms with E-state index >= 15 is 0 Å². The van der Waals surface area contributed by atoms with Crippen molar-refractivity contribution in [1.29, 1.82) is 0 Å². The second kappa shape index (κ2) is 4.77. The van der Waals surface area contributed by atoms with Gasteiger partial charge in [-0.05, 0) is 30.3 Å². The van der Waals surface area contributed by atoms with Gasteiger partial charge in [0.25, 0.3) is 10.0 Å². The maximum atomic E-state index is 12.3. The number of H-pyrrole nitrogens is 1. The molecule has 2 aromatic heterocycles. The molecule has 0 fully saturated rings. The number of nitrogens with one attached hydrogen (secondary N) is 2. The minimum atomic E-state index is -3.74. The number of rotatable bonds is 3. The molecular formula is C12H9ClN4O2S. The minimum absolute atomic E-state index is 0.0741. The molecule has 3 aromatic rings. The van der Waals surface area contributed by atoms with Gasteiger partial charge in [-0.1, -0.05) is 17.7 Å². The van der Waals surface area contributed by atoms with Crippen molar-refractivity contribution in [3.63, 3.8) is 0 Å². The molecule has 0 aliphatic carbocycles. The van der Waals surface area contributed by atoms with Gasteiger partial charge in [0.1, 0.15) is 0 Å². The van der Waals surface area contributed by atoms with Crippen LogP contribution in [0, 0.1) is 0 Å². The molecule has 20 heavy (non-hydrogen) atoms. The van der Waals surface area contributed by atoms with Gasteiger partial charge in [0, 0.05) is 11.2 Å². The third kappa shape index (κ3) is 2.33. The highest BCUT2D eigenvalue weighted by Gasteiger charge is 2.17. The predicted molar refractivity (Wildman–Crippen MR) is 76.1 cm³/mol. The van der Waals surface area contributed by atoms with Gasteiger partial charge in [-0.2, -0.15) is 5.10 Å². The normalized spacial score (nSPS) is 11.7. The summed E-state index contributed by atoms with van der Waals surface area (Å²) in [5.41, 5.74) is 0.510. The molecule has 0 aliphatic rings. The van der Waals surface area contributed by atoms with Gasteiger partial charge in [-0.15, -0.1) is 0 Å². The van der Waals surface area contributed by atoms with Gasteiger partial charge in [0.05, 0.1) is 10.3 Å². The highest BCUT2D eigenvalue weighted by atomic mass is 35.5. The molecule has 0 bridgehead atoms. The van der Waals surface area contributed by atoms with Gasteiger partial charge in [-0.3, -0.25) is 9.82 Å². The van der Waals surface area contributed by atoms with Crippen molar-refractivity contribution in [1.82, 2.24) is 15.2 Å². The van der Waals surface area contributed by atoms with Crippen LogP contribution in [-0.4, -0.2) is 23.6 Å². The van der Waals surface area contributed by atoms with E-state index in [9.17, 15) is 8.42 Å². The lowest BCUT2D eigenvalue weighted by atomic mass is 10.3. The first-order valence-electron chi connectivity index (χ1n) is 5.64. The molecule has 0 spiro atoms. The fourth-order valence-electron chi connectivity index (χ4n) is 1.75. The molecule has 1 aromatic carbocycles. The maximum absolute atomic E-state index is 12.3. The van der Waals surface area contributed by atoms with Gasteiger partial charge in [-0.25, -0.2) is 13.4 Å². The standard InChI is InChI=1S/C12H9ClN4O2S/c13-8-3-1-4-9(7-8)20(18,19)17-12-10-5-2-6-14-11(10)15-16-12/h1-7H,(H2,14,15,16,17). The molecule has 0 unspecified atom stereocenters. The molecule has 102 valence electrons. The number of nitrogens with zero attached hydrogens (tertiary/aromatic N) is 2. The lowest BCUT2D eigenvalue weighted by Gasteiger charge is -2.05. The lowest BCUT2D eigenvalue weighted by Crippen LogP contribution is -2.13. The molecule has 0 aliphatic heterocycles. The molecule has 6 nitrogen and oxygen atoms in total. The molecule has 0 saturated carbocycles. The number of hydrogen-bond acceptors (Lipinski definition) is 4. The zero-order valence-corrected chi connectivity index (χ0v) is 11.6. The Balaban J connectivity index is 2.02. The van der Waals surface area contributed by atoms with E-state index in [0.29, 0.717) is 16.1 Å². The molecule has 2 heterocycles. The van der Waals surface area contributed by atoms with E-state index in [1.54, 1.807) is 30.5 Å². The number of pyridine rings is 1. The number of aromatic amines is 1. The number of fused-ring (bicyclic) bond motifs is 1. The Bertz CT molecular complexity index is 876. The molecular weight excluding hydrogens is 300 g/mol. The van der Waals surface area contributed by atoms with Crippen LogP contribution in [0.25, 0.3) is 11.0 Å². The Hall–Kier alpha value is -2.12. The summed E-state index contributed by atoms with van der Waals surface area (Å²) in [7, 11) is -3.74. The third-order valence-electron chi connectivity index (χ3n) is 2.67. The summed E-state index contributed by atoms with van der Waals surface area (Å²) in [4.78, 5) is 4.12. The largest absolute Gasteiger partial charge is 0.263 e. The van der Waals surface area contributed by atoms with E-state index in [1.807, 2.05) is 0 Å². The Morgan fingerprint density at radius 2 is 2.05 bits per heavy atom. The first kappa shape index (κ1) is 12.9. The average molecular weight is 309 g/mol. The monoisotopic (exact) mass is 308 g/mol. The van der Waals surface area contributed by atoms with Crippen molar-refractivity contribution >= 4 is 38.5 Å². The van der Waals surface area contributed by atoms with Crippen molar-refractivity contribution in [3.8, 4) is 0 Å². The fraction of sp³-hybridized carbons (Fsp3) is 0. The molecule has 0 amide bonds. The second-order valence-electron chi connectivity index (χ2n) is 4.03. The van der Waals surface area contributed by atoms with Crippen LogP contribution in [0.4, 0.5) is 5.82 Å². The van der Waals surface area contributed by atoms with Crippen LogP contribution in [0.2, 0.25) is 5.02 Å². The van der Waals surface area contributed by atoms with Crippen LogP contribution in [0.3, 0.4) is 0 Å². The van der Waals surface area contributed by atoms with Gasteiger partial charge < -0.3 is 0 Å². The number of hydrogen-bond donors (Lipinski definition) is 2. The third-order valence-corrected chi connectivity index (χ3v) is 4.25. The summed E-state index contributed by atoms with van der Waals surface area (Å²) < 4.78 is 26.9. The maximum Gasteiger partial charge on any atom is 0.263 e. The van der Waals surface area contributed by atoms with Gasteiger partial charge in [0.15, 0.2) is 11.5 Å². The highest BCUT2D eigenvalue weighted by molar-refractivity contribution is 7.92. The molecule has 0 radical (unpaired) electrons. The summed E-state index contributed by atoms with van der Waals surface area (Å²) in [5.74, 6) is 0.202. The van der Waals surface area contributed by atoms with Crippen LogP contribution in [0.1, 0.15) is 0 Å². The Morgan fingerprint density at radius 1 is 1.20 bits per heavy atom. The number of anilines is 1. The van der Waals surface area contributed by atoms with Crippen LogP contribution in [0.5, 0.6) is 0 Å². The van der Waals surface area contributed by atoms with Gasteiger partial charge >= 0.3 is 0 Å². The van der Waals surface area contributed by atoms with Crippen molar-refractivity contribution in [2.24, 2.45) is 0 Å². The van der Waals surface area contributed by atoms with Crippen LogP contribution >= 0.6 is 11.6 Å². The van der Waals surface area contributed by atoms with Crippen LogP contribution in [-0.2, 0) is 10.0 Å². The summed E-state index contributed by atoms with van der Waals surface area (Å²) in [6.07, 6.45) is 1.59. The topological polar surface area (TPSA) is 87.7 Å².